The van der Waals surface area contributed by atoms with Crippen LogP contribution < -0.4 is 11.1 Å². The van der Waals surface area contributed by atoms with E-state index in [1.165, 1.54) is 0 Å². The van der Waals surface area contributed by atoms with E-state index in [2.05, 4.69) is 38.0 Å². The largest absolute Gasteiger partial charge is 0.347 e. The Bertz CT molecular complexity index is 492. The number of nitrogens with zero attached hydrogens (tertiary/aromatic N) is 1. The molecule has 1 aromatic rings. The number of aryl methyl sites for hydroxylation is 1. The summed E-state index contributed by atoms with van der Waals surface area (Å²) >= 11 is 0. The highest BCUT2D eigenvalue weighted by Crippen LogP contribution is 2.52. The second kappa shape index (κ2) is 4.30. The maximum absolute atomic E-state index is 12.3. The summed E-state index contributed by atoms with van der Waals surface area (Å²) in [6.07, 6.45) is 1.64. The third-order valence-electron chi connectivity index (χ3n) is 4.59. The van der Waals surface area contributed by atoms with Gasteiger partial charge in [0.2, 0.25) is 0 Å². The van der Waals surface area contributed by atoms with Crippen LogP contribution in [0.2, 0.25) is 0 Å². The van der Waals surface area contributed by atoms with Crippen molar-refractivity contribution in [3.63, 3.8) is 0 Å². The Hall–Kier alpha value is -1.42. The number of hydrogen-bond acceptors (Lipinski definition) is 3. The molecule has 0 spiro atoms. The number of nitrogens with one attached hydrogen (secondary N) is 1. The van der Waals surface area contributed by atoms with Crippen molar-refractivity contribution < 1.29 is 4.79 Å². The lowest BCUT2D eigenvalue weighted by Crippen LogP contribution is -2.76. The first-order valence-corrected chi connectivity index (χ1v) is 6.67. The van der Waals surface area contributed by atoms with Crippen molar-refractivity contribution >= 4 is 5.91 Å². The fourth-order valence-corrected chi connectivity index (χ4v) is 3.48. The molecule has 0 saturated heterocycles. The molecule has 1 aliphatic rings. The van der Waals surface area contributed by atoms with Gasteiger partial charge in [-0.05, 0) is 18.6 Å². The van der Waals surface area contributed by atoms with Crippen LogP contribution in [0.4, 0.5) is 0 Å². The third kappa shape index (κ3) is 2.04. The molecule has 4 heteroatoms. The van der Waals surface area contributed by atoms with E-state index in [9.17, 15) is 4.79 Å². The minimum absolute atomic E-state index is 0.0592. The number of hydrogen-bond donors (Lipinski definition) is 2. The van der Waals surface area contributed by atoms with Crippen LogP contribution in [-0.4, -0.2) is 23.0 Å². The van der Waals surface area contributed by atoms with Gasteiger partial charge in [-0.15, -0.1) is 0 Å². The van der Waals surface area contributed by atoms with E-state index >= 15 is 0 Å². The molecular formula is C15H23N3O. The monoisotopic (exact) mass is 261 g/mol. The molecule has 1 aliphatic carbocycles. The van der Waals surface area contributed by atoms with Crippen LogP contribution in [-0.2, 0) is 0 Å². The summed E-state index contributed by atoms with van der Waals surface area (Å²) in [6, 6.07) is 3.86. The van der Waals surface area contributed by atoms with E-state index in [1.54, 1.807) is 6.20 Å². The van der Waals surface area contributed by atoms with Gasteiger partial charge >= 0.3 is 0 Å². The van der Waals surface area contributed by atoms with Gasteiger partial charge in [-0.3, -0.25) is 9.78 Å². The molecule has 1 saturated carbocycles. The van der Waals surface area contributed by atoms with E-state index < -0.39 is 0 Å². The quantitative estimate of drug-likeness (QED) is 0.854. The summed E-state index contributed by atoms with van der Waals surface area (Å²) in [7, 11) is 0. The summed E-state index contributed by atoms with van der Waals surface area (Å²) in [4.78, 5) is 16.5. The molecule has 3 N–H and O–H groups in total. The summed E-state index contributed by atoms with van der Waals surface area (Å²) in [6.45, 7) is 10.3. The topological polar surface area (TPSA) is 68.0 Å². The first kappa shape index (κ1) is 14.0. The molecule has 0 bridgehead atoms. The molecule has 1 aromatic heterocycles. The van der Waals surface area contributed by atoms with Gasteiger partial charge in [-0.25, -0.2) is 0 Å². The zero-order valence-electron chi connectivity index (χ0n) is 12.3. The van der Waals surface area contributed by atoms with E-state index in [-0.39, 0.29) is 28.8 Å². The van der Waals surface area contributed by atoms with E-state index in [0.29, 0.717) is 5.69 Å². The van der Waals surface area contributed by atoms with Crippen LogP contribution in [0.15, 0.2) is 18.3 Å². The van der Waals surface area contributed by atoms with Crippen molar-refractivity contribution in [2.24, 2.45) is 16.6 Å². The number of carbonyl (C=O) groups is 1. The predicted molar refractivity (Wildman–Crippen MR) is 75.8 cm³/mol. The van der Waals surface area contributed by atoms with Gasteiger partial charge in [0.1, 0.15) is 5.69 Å². The zero-order chi connectivity index (χ0) is 14.4. The molecule has 104 valence electrons. The lowest BCUT2D eigenvalue weighted by molar-refractivity contribution is -0.0664. The van der Waals surface area contributed by atoms with Crippen LogP contribution in [0.3, 0.4) is 0 Å². The second-order valence-corrected chi connectivity index (χ2v) is 6.70. The van der Waals surface area contributed by atoms with Crippen molar-refractivity contribution in [3.8, 4) is 0 Å². The number of pyridine rings is 1. The fourth-order valence-electron chi connectivity index (χ4n) is 3.48. The van der Waals surface area contributed by atoms with Gasteiger partial charge in [-0.2, -0.15) is 0 Å². The minimum atomic E-state index is -0.115. The highest BCUT2D eigenvalue weighted by molar-refractivity contribution is 5.94. The number of amides is 1. The molecule has 0 atom stereocenters. The van der Waals surface area contributed by atoms with Gasteiger partial charge < -0.3 is 11.1 Å². The molecule has 0 radical (unpaired) electrons. The van der Waals surface area contributed by atoms with E-state index in [4.69, 9.17) is 5.73 Å². The molecule has 0 aliphatic heterocycles. The number of aromatic nitrogens is 1. The fraction of sp³-hybridized carbons (Fsp3) is 0.600. The van der Waals surface area contributed by atoms with Crippen LogP contribution in [0, 0.1) is 17.8 Å². The number of carbonyl (C=O) groups excluding carboxylic acids is 1. The second-order valence-electron chi connectivity index (χ2n) is 6.70. The Balaban J connectivity index is 2.19. The van der Waals surface area contributed by atoms with Gasteiger partial charge in [-0.1, -0.05) is 33.8 Å². The summed E-state index contributed by atoms with van der Waals surface area (Å²) < 4.78 is 0. The van der Waals surface area contributed by atoms with Gasteiger partial charge in [0, 0.05) is 29.1 Å². The molecular weight excluding hydrogens is 238 g/mol. The van der Waals surface area contributed by atoms with Crippen molar-refractivity contribution in [3.05, 3.63) is 29.6 Å². The van der Waals surface area contributed by atoms with Crippen molar-refractivity contribution in [1.82, 2.24) is 10.3 Å². The van der Waals surface area contributed by atoms with Crippen molar-refractivity contribution in [2.45, 2.75) is 46.7 Å². The Morgan fingerprint density at radius 1 is 1.32 bits per heavy atom. The summed E-state index contributed by atoms with van der Waals surface area (Å²) in [5.41, 5.74) is 7.39. The molecule has 4 nitrogen and oxygen atoms in total. The SMILES string of the molecule is Cc1cccnc1C(=O)NC1C(C)(C)C(N)C1(C)C. The average molecular weight is 261 g/mol. The summed E-state index contributed by atoms with van der Waals surface area (Å²) in [5.74, 6) is -0.115. The Labute approximate surface area is 114 Å². The lowest BCUT2D eigenvalue weighted by atomic mass is 9.48. The van der Waals surface area contributed by atoms with Crippen molar-refractivity contribution in [1.29, 1.82) is 0 Å². The van der Waals surface area contributed by atoms with E-state index in [0.717, 1.165) is 5.56 Å². The van der Waals surface area contributed by atoms with Crippen LogP contribution >= 0.6 is 0 Å². The highest BCUT2D eigenvalue weighted by atomic mass is 16.2. The summed E-state index contributed by atoms with van der Waals surface area (Å²) in [5, 5.41) is 3.10. The molecule has 1 heterocycles. The van der Waals surface area contributed by atoms with E-state index in [1.807, 2.05) is 19.1 Å². The first-order valence-electron chi connectivity index (χ1n) is 6.67. The number of rotatable bonds is 2. The van der Waals surface area contributed by atoms with Crippen LogP contribution in [0.5, 0.6) is 0 Å². The average Bonchev–Trinajstić information content (AvgIpc) is 2.34. The lowest BCUT2D eigenvalue weighted by Gasteiger charge is -2.62. The first-order chi connectivity index (χ1) is 8.69. The molecule has 0 aromatic carbocycles. The Morgan fingerprint density at radius 3 is 2.42 bits per heavy atom. The molecule has 1 amide bonds. The third-order valence-corrected chi connectivity index (χ3v) is 4.59. The molecule has 1 fully saturated rings. The highest BCUT2D eigenvalue weighted by Gasteiger charge is 2.60. The normalized spacial score (nSPS) is 27.5. The Morgan fingerprint density at radius 2 is 1.89 bits per heavy atom. The predicted octanol–water partition coefficient (Wildman–Crippen LogP) is 1.88. The van der Waals surface area contributed by atoms with Crippen molar-refractivity contribution in [2.75, 3.05) is 0 Å². The maximum atomic E-state index is 12.3. The van der Waals surface area contributed by atoms with Gasteiger partial charge in [0.25, 0.3) is 5.91 Å². The maximum Gasteiger partial charge on any atom is 0.270 e. The zero-order valence-corrected chi connectivity index (χ0v) is 12.3. The minimum Gasteiger partial charge on any atom is -0.347 e. The molecule has 19 heavy (non-hydrogen) atoms. The smallest absolute Gasteiger partial charge is 0.270 e. The Kier molecular flexibility index (Phi) is 3.17. The molecule has 0 unspecified atom stereocenters. The number of nitrogens with two attached hydrogens (primary N) is 1. The molecule has 2 rings (SSSR count). The van der Waals surface area contributed by atoms with Crippen LogP contribution in [0.25, 0.3) is 0 Å². The van der Waals surface area contributed by atoms with Gasteiger partial charge in [0.15, 0.2) is 0 Å². The van der Waals surface area contributed by atoms with Gasteiger partial charge in [0.05, 0.1) is 0 Å². The standard InChI is InChI=1S/C15H23N3O/c1-9-7-6-8-17-10(9)11(19)18-13-14(2,3)12(16)15(13,4)5/h6-8,12-13H,16H2,1-5H3,(H,18,19). The van der Waals surface area contributed by atoms with Crippen LogP contribution in [0.1, 0.15) is 43.7 Å².